The summed E-state index contributed by atoms with van der Waals surface area (Å²) in [6.07, 6.45) is 0.761. The van der Waals surface area contributed by atoms with Crippen LogP contribution in [-0.2, 0) is 10.0 Å². The number of benzene rings is 1. The van der Waals surface area contributed by atoms with Crippen LogP contribution in [0.3, 0.4) is 0 Å². The predicted octanol–water partition coefficient (Wildman–Crippen LogP) is 1.08. The first kappa shape index (κ1) is 21.4. The molecule has 1 amide bonds. The average Bonchev–Trinajstić information content (AvgIpc) is 2.61. The normalized spacial score (nSPS) is 11.5. The molecule has 0 aromatic heterocycles. The molecule has 0 saturated carbocycles. The highest BCUT2D eigenvalue weighted by atomic mass is 32.2. The molecule has 0 bridgehead atoms. The maximum absolute atomic E-state index is 12.0. The monoisotopic (exact) mass is 371 g/mol. The number of amides is 1. The third-order valence-corrected chi connectivity index (χ3v) is 5.24. The summed E-state index contributed by atoms with van der Waals surface area (Å²) in [7, 11) is -1.87. The van der Waals surface area contributed by atoms with E-state index in [9.17, 15) is 13.2 Å². The van der Waals surface area contributed by atoms with Crippen molar-refractivity contribution in [2.24, 2.45) is 0 Å². The number of hydrogen-bond acceptors (Lipinski definition) is 5. The molecule has 0 aliphatic carbocycles. The Hall–Kier alpha value is -1.64. The van der Waals surface area contributed by atoms with Crippen molar-refractivity contribution in [3.63, 3.8) is 0 Å². The summed E-state index contributed by atoms with van der Waals surface area (Å²) >= 11 is 0. The quantitative estimate of drug-likeness (QED) is 0.537. The molecule has 0 aliphatic heterocycles. The van der Waals surface area contributed by atoms with Gasteiger partial charge < -0.3 is 15.0 Å². The standard InChI is InChI=1S/C17H29N3O4S/c1-4-20(5-2)12-7-10-19-25(22,23)13-11-18-17(21)15-8-6-9-16(14-15)24-3/h6,8-9,14,19H,4-5,7,10-13H2,1-3H3,(H,18,21). The second-order valence-corrected chi connectivity index (χ2v) is 7.51. The molecular weight excluding hydrogens is 342 g/mol. The highest BCUT2D eigenvalue weighted by Gasteiger charge is 2.12. The maximum atomic E-state index is 12.0. The largest absolute Gasteiger partial charge is 0.497 e. The zero-order valence-electron chi connectivity index (χ0n) is 15.2. The molecule has 2 N–H and O–H groups in total. The van der Waals surface area contributed by atoms with Gasteiger partial charge >= 0.3 is 0 Å². The molecule has 25 heavy (non-hydrogen) atoms. The van der Waals surface area contributed by atoms with Gasteiger partial charge in [0.05, 0.1) is 12.9 Å². The zero-order chi connectivity index (χ0) is 18.7. The average molecular weight is 372 g/mol. The summed E-state index contributed by atoms with van der Waals surface area (Å²) in [5, 5.41) is 2.61. The van der Waals surface area contributed by atoms with Crippen molar-refractivity contribution >= 4 is 15.9 Å². The third kappa shape index (κ3) is 8.33. The van der Waals surface area contributed by atoms with Gasteiger partial charge in [-0.1, -0.05) is 19.9 Å². The molecule has 0 atom stereocenters. The molecule has 0 saturated heterocycles. The first-order valence-corrected chi connectivity index (χ1v) is 10.2. The van der Waals surface area contributed by atoms with E-state index in [0.717, 1.165) is 26.1 Å². The smallest absolute Gasteiger partial charge is 0.251 e. The van der Waals surface area contributed by atoms with E-state index < -0.39 is 10.0 Å². The molecule has 0 spiro atoms. The van der Waals surface area contributed by atoms with Gasteiger partial charge in [0.2, 0.25) is 10.0 Å². The molecule has 1 aromatic rings. The number of nitrogens with one attached hydrogen (secondary N) is 2. The summed E-state index contributed by atoms with van der Waals surface area (Å²) in [6, 6.07) is 6.71. The van der Waals surface area contributed by atoms with Gasteiger partial charge in [-0.05, 0) is 44.3 Å². The van der Waals surface area contributed by atoms with Crippen LogP contribution < -0.4 is 14.8 Å². The minimum Gasteiger partial charge on any atom is -0.497 e. The Morgan fingerprint density at radius 1 is 1.20 bits per heavy atom. The van der Waals surface area contributed by atoms with Crippen LogP contribution in [0.1, 0.15) is 30.6 Å². The van der Waals surface area contributed by atoms with Gasteiger partial charge in [-0.2, -0.15) is 0 Å². The van der Waals surface area contributed by atoms with E-state index in [1.165, 1.54) is 7.11 Å². The Balaban J connectivity index is 2.32. The molecular formula is C17H29N3O4S. The topological polar surface area (TPSA) is 87.7 Å². The Morgan fingerprint density at radius 2 is 1.92 bits per heavy atom. The van der Waals surface area contributed by atoms with Gasteiger partial charge in [0.15, 0.2) is 0 Å². The minimum atomic E-state index is -3.39. The lowest BCUT2D eigenvalue weighted by atomic mass is 10.2. The van der Waals surface area contributed by atoms with Crippen LogP contribution in [-0.4, -0.2) is 64.8 Å². The van der Waals surface area contributed by atoms with Crippen LogP contribution in [0.2, 0.25) is 0 Å². The number of carbonyl (C=O) groups is 1. The number of methoxy groups -OCH3 is 1. The van der Waals surface area contributed by atoms with Crippen LogP contribution in [0.4, 0.5) is 0 Å². The zero-order valence-corrected chi connectivity index (χ0v) is 16.1. The number of sulfonamides is 1. The Bertz CT molecular complexity index is 631. The van der Waals surface area contributed by atoms with Crippen molar-refractivity contribution in [1.29, 1.82) is 0 Å². The van der Waals surface area contributed by atoms with Gasteiger partial charge in [-0.25, -0.2) is 13.1 Å². The molecule has 1 aromatic carbocycles. The SMILES string of the molecule is CCN(CC)CCCNS(=O)(=O)CCNC(=O)c1cccc(OC)c1. The number of rotatable bonds is 12. The van der Waals surface area contributed by atoms with Crippen molar-refractivity contribution in [3.8, 4) is 5.75 Å². The lowest BCUT2D eigenvalue weighted by Gasteiger charge is -2.17. The van der Waals surface area contributed by atoms with Crippen molar-refractivity contribution in [2.45, 2.75) is 20.3 Å². The van der Waals surface area contributed by atoms with E-state index in [-0.39, 0.29) is 18.2 Å². The van der Waals surface area contributed by atoms with E-state index in [0.29, 0.717) is 17.9 Å². The molecule has 0 fully saturated rings. The van der Waals surface area contributed by atoms with Crippen molar-refractivity contribution in [2.75, 3.05) is 45.6 Å². The van der Waals surface area contributed by atoms with Gasteiger partial charge in [-0.15, -0.1) is 0 Å². The van der Waals surface area contributed by atoms with E-state index in [2.05, 4.69) is 28.8 Å². The fraction of sp³-hybridized carbons (Fsp3) is 0.588. The minimum absolute atomic E-state index is 0.0570. The first-order valence-electron chi connectivity index (χ1n) is 8.53. The van der Waals surface area contributed by atoms with Crippen LogP contribution >= 0.6 is 0 Å². The molecule has 0 radical (unpaired) electrons. The first-order chi connectivity index (χ1) is 11.9. The molecule has 0 unspecified atom stereocenters. The lowest BCUT2D eigenvalue weighted by molar-refractivity contribution is 0.0956. The lowest BCUT2D eigenvalue weighted by Crippen LogP contribution is -2.35. The van der Waals surface area contributed by atoms with Crippen LogP contribution in [0, 0.1) is 0 Å². The molecule has 0 aliphatic rings. The summed E-state index contributed by atoms with van der Waals surface area (Å²) in [5.74, 6) is 0.110. The van der Waals surface area contributed by atoms with Crippen LogP contribution in [0.5, 0.6) is 5.75 Å². The van der Waals surface area contributed by atoms with Gasteiger partial charge in [0.1, 0.15) is 5.75 Å². The van der Waals surface area contributed by atoms with Gasteiger partial charge in [0.25, 0.3) is 5.91 Å². The maximum Gasteiger partial charge on any atom is 0.251 e. The molecule has 7 nitrogen and oxygen atoms in total. The van der Waals surface area contributed by atoms with Crippen LogP contribution in [0.25, 0.3) is 0 Å². The summed E-state index contributed by atoms with van der Waals surface area (Å²) in [5.41, 5.74) is 0.434. The second kappa shape index (κ2) is 11.1. The number of hydrogen-bond donors (Lipinski definition) is 2. The molecule has 1 rings (SSSR count). The number of ether oxygens (including phenoxy) is 1. The van der Waals surface area contributed by atoms with E-state index in [1.807, 2.05) is 0 Å². The van der Waals surface area contributed by atoms with Gasteiger partial charge in [-0.3, -0.25) is 4.79 Å². The van der Waals surface area contributed by atoms with Crippen molar-refractivity contribution in [1.82, 2.24) is 14.9 Å². The fourth-order valence-corrected chi connectivity index (χ4v) is 3.28. The third-order valence-electron chi connectivity index (χ3n) is 3.86. The predicted molar refractivity (Wildman–Crippen MR) is 99.5 cm³/mol. The highest BCUT2D eigenvalue weighted by molar-refractivity contribution is 7.89. The second-order valence-electron chi connectivity index (χ2n) is 5.58. The summed E-state index contributed by atoms with van der Waals surface area (Å²) in [6.45, 7) is 7.41. The molecule has 8 heteroatoms. The Labute approximate surface area is 150 Å². The highest BCUT2D eigenvalue weighted by Crippen LogP contribution is 2.12. The van der Waals surface area contributed by atoms with Crippen LogP contribution in [0.15, 0.2) is 24.3 Å². The molecule has 0 heterocycles. The number of nitrogens with zero attached hydrogens (tertiary/aromatic N) is 1. The van der Waals surface area contributed by atoms with E-state index in [4.69, 9.17) is 4.74 Å². The Kier molecular flexibility index (Phi) is 9.48. The van der Waals surface area contributed by atoms with Gasteiger partial charge in [0, 0.05) is 18.7 Å². The number of carbonyl (C=O) groups excluding carboxylic acids is 1. The van der Waals surface area contributed by atoms with Crippen molar-refractivity contribution < 1.29 is 17.9 Å². The Morgan fingerprint density at radius 3 is 2.56 bits per heavy atom. The summed E-state index contributed by atoms with van der Waals surface area (Å²) < 4.78 is 31.5. The van der Waals surface area contributed by atoms with Crippen molar-refractivity contribution in [3.05, 3.63) is 29.8 Å². The summed E-state index contributed by atoms with van der Waals surface area (Å²) in [4.78, 5) is 14.3. The van der Waals surface area contributed by atoms with E-state index in [1.54, 1.807) is 24.3 Å². The van der Waals surface area contributed by atoms with E-state index >= 15 is 0 Å². The fourth-order valence-electron chi connectivity index (χ4n) is 2.31. The molecule has 142 valence electrons.